The predicted octanol–water partition coefficient (Wildman–Crippen LogP) is 5.96. The molecule has 3 aromatic carbocycles. The van der Waals surface area contributed by atoms with E-state index in [0.29, 0.717) is 17.7 Å². The van der Waals surface area contributed by atoms with Crippen molar-refractivity contribution in [2.75, 3.05) is 10.6 Å². The topological polar surface area (TPSA) is 101 Å². The molecule has 0 aromatic heterocycles. The summed E-state index contributed by atoms with van der Waals surface area (Å²) < 4.78 is 1.09. The quantitative estimate of drug-likeness (QED) is 0.153. The first kappa shape index (κ1) is 23.7. The van der Waals surface area contributed by atoms with Gasteiger partial charge in [-0.2, -0.15) is 0 Å². The average molecular weight is 561 g/mol. The Labute approximate surface area is 203 Å². The first-order chi connectivity index (χ1) is 15.4. The SMILES string of the molecule is CCC(Sc1cccc(NC(=O)c2ccc([N+](=O)[O-])cc2)c1)C(=O)Nc1ccc(I)cc1. The summed E-state index contributed by atoms with van der Waals surface area (Å²) in [5.41, 5.74) is 1.57. The number of carbonyl (C=O) groups is 2. The monoisotopic (exact) mass is 561 g/mol. The number of nitro benzene ring substituents is 1. The number of thioether (sulfide) groups is 1. The van der Waals surface area contributed by atoms with E-state index in [0.717, 1.165) is 14.2 Å². The van der Waals surface area contributed by atoms with E-state index in [1.165, 1.54) is 36.0 Å². The van der Waals surface area contributed by atoms with Gasteiger partial charge in [0.1, 0.15) is 0 Å². The zero-order chi connectivity index (χ0) is 23.1. The van der Waals surface area contributed by atoms with Crippen LogP contribution in [0.3, 0.4) is 0 Å². The van der Waals surface area contributed by atoms with Gasteiger partial charge in [0.2, 0.25) is 5.91 Å². The van der Waals surface area contributed by atoms with E-state index in [1.54, 1.807) is 18.2 Å². The Balaban J connectivity index is 1.65. The molecule has 1 unspecified atom stereocenters. The van der Waals surface area contributed by atoms with Crippen molar-refractivity contribution in [2.45, 2.75) is 23.5 Å². The minimum absolute atomic E-state index is 0.0749. The molecule has 0 bridgehead atoms. The lowest BCUT2D eigenvalue weighted by Gasteiger charge is -2.15. The van der Waals surface area contributed by atoms with Gasteiger partial charge in [0, 0.05) is 37.5 Å². The lowest BCUT2D eigenvalue weighted by atomic mass is 10.2. The highest BCUT2D eigenvalue weighted by molar-refractivity contribution is 14.1. The molecule has 0 radical (unpaired) electrons. The third kappa shape index (κ3) is 6.54. The molecule has 0 fully saturated rings. The van der Waals surface area contributed by atoms with Crippen LogP contribution in [0.15, 0.2) is 77.7 Å². The molecule has 9 heteroatoms. The van der Waals surface area contributed by atoms with Crippen molar-refractivity contribution >= 4 is 63.2 Å². The summed E-state index contributed by atoms with van der Waals surface area (Å²) >= 11 is 3.63. The van der Waals surface area contributed by atoms with Gasteiger partial charge in [-0.15, -0.1) is 11.8 Å². The second-order valence-corrected chi connectivity index (χ2v) is 9.32. The number of nitrogens with zero attached hydrogens (tertiary/aromatic N) is 1. The zero-order valence-corrected chi connectivity index (χ0v) is 20.1. The second kappa shape index (κ2) is 11.1. The van der Waals surface area contributed by atoms with Gasteiger partial charge in [-0.3, -0.25) is 19.7 Å². The van der Waals surface area contributed by atoms with Gasteiger partial charge < -0.3 is 10.6 Å². The van der Waals surface area contributed by atoms with Crippen molar-refractivity contribution in [3.05, 3.63) is 92.0 Å². The van der Waals surface area contributed by atoms with E-state index >= 15 is 0 Å². The van der Waals surface area contributed by atoms with Crippen molar-refractivity contribution in [3.63, 3.8) is 0 Å². The first-order valence-corrected chi connectivity index (χ1v) is 11.7. The Morgan fingerprint density at radius 2 is 1.69 bits per heavy atom. The van der Waals surface area contributed by atoms with Crippen molar-refractivity contribution in [2.24, 2.45) is 0 Å². The summed E-state index contributed by atoms with van der Waals surface area (Å²) in [5.74, 6) is -0.454. The van der Waals surface area contributed by atoms with Gasteiger partial charge in [0.05, 0.1) is 10.2 Å². The van der Waals surface area contributed by atoms with Crippen LogP contribution < -0.4 is 10.6 Å². The highest BCUT2D eigenvalue weighted by atomic mass is 127. The van der Waals surface area contributed by atoms with Crippen LogP contribution in [0.25, 0.3) is 0 Å². The summed E-state index contributed by atoms with van der Waals surface area (Å²) in [7, 11) is 0. The number of non-ortho nitro benzene ring substituents is 1. The third-order valence-electron chi connectivity index (χ3n) is 4.49. The summed E-state index contributed by atoms with van der Waals surface area (Å²) in [6, 6.07) is 20.2. The van der Waals surface area contributed by atoms with Crippen molar-refractivity contribution in [1.82, 2.24) is 0 Å². The van der Waals surface area contributed by atoms with E-state index in [2.05, 4.69) is 33.2 Å². The molecular weight excluding hydrogens is 541 g/mol. The fourth-order valence-corrected chi connectivity index (χ4v) is 4.20. The molecule has 2 amide bonds. The van der Waals surface area contributed by atoms with Crippen LogP contribution >= 0.6 is 34.4 Å². The molecule has 7 nitrogen and oxygen atoms in total. The van der Waals surface area contributed by atoms with E-state index in [4.69, 9.17) is 0 Å². The summed E-state index contributed by atoms with van der Waals surface area (Å²) in [5, 5.41) is 16.2. The maximum Gasteiger partial charge on any atom is 0.269 e. The minimum Gasteiger partial charge on any atom is -0.325 e. The van der Waals surface area contributed by atoms with E-state index in [-0.39, 0.29) is 22.8 Å². The fraction of sp³-hybridized carbons (Fsp3) is 0.130. The van der Waals surface area contributed by atoms with Gasteiger partial charge in [0.15, 0.2) is 0 Å². The van der Waals surface area contributed by atoms with Crippen LogP contribution in [0.1, 0.15) is 23.7 Å². The first-order valence-electron chi connectivity index (χ1n) is 9.74. The average Bonchev–Trinajstić information content (AvgIpc) is 2.79. The molecule has 2 N–H and O–H groups in total. The maximum absolute atomic E-state index is 12.7. The molecule has 0 saturated heterocycles. The normalized spacial score (nSPS) is 11.4. The summed E-state index contributed by atoms with van der Waals surface area (Å²) in [6.07, 6.45) is 0.639. The number of carbonyl (C=O) groups excluding carboxylic acids is 2. The fourth-order valence-electron chi connectivity index (χ4n) is 2.83. The molecule has 0 heterocycles. The van der Waals surface area contributed by atoms with Gasteiger partial charge >= 0.3 is 0 Å². The number of hydrogen-bond acceptors (Lipinski definition) is 5. The molecular formula is C23H20IN3O4S. The smallest absolute Gasteiger partial charge is 0.269 e. The van der Waals surface area contributed by atoms with Gasteiger partial charge in [-0.1, -0.05) is 13.0 Å². The van der Waals surface area contributed by atoms with Crippen LogP contribution in [-0.2, 0) is 4.79 Å². The summed E-state index contributed by atoms with van der Waals surface area (Å²) in [6.45, 7) is 1.95. The number of amides is 2. The van der Waals surface area contributed by atoms with Crippen LogP contribution in [0.2, 0.25) is 0 Å². The van der Waals surface area contributed by atoms with E-state index in [1.807, 2.05) is 37.3 Å². The molecule has 32 heavy (non-hydrogen) atoms. The number of nitro groups is 1. The number of halogens is 1. The molecule has 0 aliphatic rings. The van der Waals surface area contributed by atoms with Crippen LogP contribution in [0.4, 0.5) is 17.1 Å². The number of anilines is 2. The Morgan fingerprint density at radius 1 is 1.00 bits per heavy atom. The van der Waals surface area contributed by atoms with Crippen LogP contribution in [0, 0.1) is 13.7 Å². The number of hydrogen-bond donors (Lipinski definition) is 2. The van der Waals surface area contributed by atoms with Gasteiger partial charge in [-0.25, -0.2) is 0 Å². The predicted molar refractivity (Wildman–Crippen MR) is 135 cm³/mol. The minimum atomic E-state index is -0.513. The van der Waals surface area contributed by atoms with Crippen molar-refractivity contribution in [3.8, 4) is 0 Å². The highest BCUT2D eigenvalue weighted by Gasteiger charge is 2.18. The second-order valence-electron chi connectivity index (χ2n) is 6.80. The molecule has 1 atom stereocenters. The standard InChI is InChI=1S/C23H20IN3O4S/c1-2-21(23(29)25-17-10-8-16(24)9-11-17)32-20-5-3-4-18(14-20)26-22(28)15-6-12-19(13-7-15)27(30)31/h3-14,21H,2H2,1H3,(H,25,29)(H,26,28). The Kier molecular flexibility index (Phi) is 8.23. The molecule has 164 valence electrons. The Hall–Kier alpha value is -2.92. The number of rotatable bonds is 8. The number of benzene rings is 3. The molecule has 0 aliphatic carbocycles. The van der Waals surface area contributed by atoms with E-state index in [9.17, 15) is 19.7 Å². The Bertz CT molecular complexity index is 1120. The van der Waals surface area contributed by atoms with Gasteiger partial charge in [0.25, 0.3) is 11.6 Å². The Morgan fingerprint density at radius 3 is 2.31 bits per heavy atom. The van der Waals surface area contributed by atoms with E-state index < -0.39 is 4.92 Å². The largest absolute Gasteiger partial charge is 0.325 e. The number of nitrogens with one attached hydrogen (secondary N) is 2. The lowest BCUT2D eigenvalue weighted by molar-refractivity contribution is -0.384. The molecule has 0 saturated carbocycles. The summed E-state index contributed by atoms with van der Waals surface area (Å²) in [4.78, 5) is 36.3. The van der Waals surface area contributed by atoms with Crippen LogP contribution in [-0.4, -0.2) is 22.0 Å². The zero-order valence-electron chi connectivity index (χ0n) is 17.1. The third-order valence-corrected chi connectivity index (χ3v) is 6.56. The lowest BCUT2D eigenvalue weighted by Crippen LogP contribution is -2.24. The highest BCUT2D eigenvalue weighted by Crippen LogP contribution is 2.29. The van der Waals surface area contributed by atoms with Crippen molar-refractivity contribution in [1.29, 1.82) is 0 Å². The molecule has 0 aliphatic heterocycles. The van der Waals surface area contributed by atoms with Crippen LogP contribution in [0.5, 0.6) is 0 Å². The molecule has 3 aromatic rings. The van der Waals surface area contributed by atoms with Crippen molar-refractivity contribution < 1.29 is 14.5 Å². The molecule has 0 spiro atoms. The maximum atomic E-state index is 12.7. The van der Waals surface area contributed by atoms with Gasteiger partial charge in [-0.05, 0) is 83.6 Å². The molecule has 3 rings (SSSR count).